The summed E-state index contributed by atoms with van der Waals surface area (Å²) in [4.78, 5) is 24.2. The van der Waals surface area contributed by atoms with Gasteiger partial charge in [-0.25, -0.2) is 5.43 Å². The van der Waals surface area contributed by atoms with Crippen LogP contribution < -0.4 is 5.43 Å². The van der Waals surface area contributed by atoms with Gasteiger partial charge in [0, 0.05) is 5.69 Å². The Bertz CT molecular complexity index is 405. The van der Waals surface area contributed by atoms with E-state index in [1.165, 1.54) is 6.20 Å². The molecule has 1 rings (SSSR count). The second kappa shape index (κ2) is 4.45. The molecular weight excluding hydrogens is 200 g/mol. The van der Waals surface area contributed by atoms with E-state index in [2.05, 4.69) is 10.3 Å². The van der Waals surface area contributed by atoms with Crippen LogP contribution >= 0.6 is 0 Å². The van der Waals surface area contributed by atoms with Crippen molar-refractivity contribution in [1.29, 1.82) is 0 Å². The average molecular weight is 210 g/mol. The second-order valence-electron chi connectivity index (χ2n) is 2.91. The predicted octanol–water partition coefficient (Wildman–Crippen LogP) is 1.95. The van der Waals surface area contributed by atoms with Crippen molar-refractivity contribution in [3.8, 4) is 0 Å². The zero-order chi connectivity index (χ0) is 11.4. The van der Waals surface area contributed by atoms with Gasteiger partial charge in [0.25, 0.3) is 0 Å². The zero-order valence-corrected chi connectivity index (χ0v) is 8.35. The quantitative estimate of drug-likeness (QED) is 0.465. The molecule has 0 saturated heterocycles. The summed E-state index contributed by atoms with van der Waals surface area (Å²) in [6.45, 7) is 3.45. The SMILES string of the molecule is CCc1ncc(NN=O)c([N+](=O)[O-])c1C. The van der Waals surface area contributed by atoms with Gasteiger partial charge in [0.15, 0.2) is 5.69 Å². The molecule has 1 aromatic rings. The Labute approximate surface area is 85.6 Å². The van der Waals surface area contributed by atoms with E-state index in [0.29, 0.717) is 17.7 Å². The van der Waals surface area contributed by atoms with Crippen molar-refractivity contribution < 1.29 is 4.92 Å². The molecule has 80 valence electrons. The molecule has 0 bridgehead atoms. The van der Waals surface area contributed by atoms with E-state index in [9.17, 15) is 15.0 Å². The number of hydrogen-bond acceptors (Lipinski definition) is 5. The summed E-state index contributed by atoms with van der Waals surface area (Å²) in [5, 5.41) is 13.2. The lowest BCUT2D eigenvalue weighted by Crippen LogP contribution is -2.03. The molecule has 0 aliphatic carbocycles. The number of nitro groups is 1. The highest BCUT2D eigenvalue weighted by atomic mass is 16.6. The van der Waals surface area contributed by atoms with Crippen molar-refractivity contribution in [2.75, 3.05) is 5.43 Å². The highest BCUT2D eigenvalue weighted by molar-refractivity contribution is 5.64. The maximum atomic E-state index is 10.8. The molecule has 0 spiro atoms. The van der Waals surface area contributed by atoms with Gasteiger partial charge in [0.1, 0.15) is 0 Å². The van der Waals surface area contributed by atoms with Crippen molar-refractivity contribution in [1.82, 2.24) is 4.98 Å². The first kappa shape index (κ1) is 11.0. The minimum Gasteiger partial charge on any atom is -0.258 e. The number of pyridine rings is 1. The van der Waals surface area contributed by atoms with Crippen LogP contribution in [0.5, 0.6) is 0 Å². The first-order valence-electron chi connectivity index (χ1n) is 4.33. The molecule has 0 saturated carbocycles. The van der Waals surface area contributed by atoms with Gasteiger partial charge in [-0.3, -0.25) is 15.1 Å². The maximum Gasteiger partial charge on any atom is 0.300 e. The molecule has 0 aliphatic rings. The maximum absolute atomic E-state index is 10.8. The Balaban J connectivity index is 3.36. The molecule has 0 atom stereocenters. The van der Waals surface area contributed by atoms with Crippen LogP contribution in [-0.2, 0) is 6.42 Å². The number of aromatic nitrogens is 1. The van der Waals surface area contributed by atoms with Crippen LogP contribution in [0.25, 0.3) is 0 Å². The zero-order valence-electron chi connectivity index (χ0n) is 8.35. The summed E-state index contributed by atoms with van der Waals surface area (Å²) in [6, 6.07) is 0. The fourth-order valence-electron chi connectivity index (χ4n) is 1.36. The van der Waals surface area contributed by atoms with Gasteiger partial charge < -0.3 is 0 Å². The average Bonchev–Trinajstić information content (AvgIpc) is 2.18. The third-order valence-corrected chi connectivity index (χ3v) is 2.08. The molecule has 1 aromatic heterocycles. The smallest absolute Gasteiger partial charge is 0.258 e. The van der Waals surface area contributed by atoms with E-state index in [1.807, 2.05) is 12.3 Å². The van der Waals surface area contributed by atoms with E-state index in [4.69, 9.17) is 0 Å². The Morgan fingerprint density at radius 1 is 1.67 bits per heavy atom. The summed E-state index contributed by atoms with van der Waals surface area (Å²) in [7, 11) is 0. The third-order valence-electron chi connectivity index (χ3n) is 2.08. The Hall–Kier alpha value is -2.05. The number of nitroso groups, excluding NO2 is 1. The van der Waals surface area contributed by atoms with Gasteiger partial charge in [-0.2, -0.15) is 0 Å². The molecular formula is C8H10N4O3. The highest BCUT2D eigenvalue weighted by Crippen LogP contribution is 2.29. The van der Waals surface area contributed by atoms with Crippen LogP contribution in [0.15, 0.2) is 11.5 Å². The normalized spacial score (nSPS) is 9.73. The fourth-order valence-corrected chi connectivity index (χ4v) is 1.36. The van der Waals surface area contributed by atoms with Gasteiger partial charge in [0.2, 0.25) is 0 Å². The van der Waals surface area contributed by atoms with Crippen LogP contribution in [0.2, 0.25) is 0 Å². The number of aryl methyl sites for hydroxylation is 1. The van der Waals surface area contributed by atoms with Crippen LogP contribution in [0, 0.1) is 21.9 Å². The number of anilines is 1. The van der Waals surface area contributed by atoms with Gasteiger partial charge in [-0.05, 0) is 13.3 Å². The lowest BCUT2D eigenvalue weighted by Gasteiger charge is -2.05. The number of rotatable bonds is 4. The lowest BCUT2D eigenvalue weighted by molar-refractivity contribution is -0.384. The first-order chi connectivity index (χ1) is 7.11. The summed E-state index contributed by atoms with van der Waals surface area (Å²) >= 11 is 0. The molecule has 0 aliphatic heterocycles. The Morgan fingerprint density at radius 3 is 2.80 bits per heavy atom. The number of nitrogens with zero attached hydrogens (tertiary/aromatic N) is 3. The molecule has 0 amide bonds. The van der Waals surface area contributed by atoms with E-state index < -0.39 is 4.92 Å². The molecule has 0 unspecified atom stereocenters. The van der Waals surface area contributed by atoms with Gasteiger partial charge in [0.05, 0.1) is 22.0 Å². The highest BCUT2D eigenvalue weighted by Gasteiger charge is 2.20. The van der Waals surface area contributed by atoms with Crippen molar-refractivity contribution >= 4 is 11.4 Å². The molecule has 7 nitrogen and oxygen atoms in total. The Kier molecular flexibility index (Phi) is 3.27. The Morgan fingerprint density at radius 2 is 2.33 bits per heavy atom. The predicted molar refractivity (Wildman–Crippen MR) is 54.4 cm³/mol. The summed E-state index contributed by atoms with van der Waals surface area (Å²) in [6.07, 6.45) is 1.84. The topological polar surface area (TPSA) is 97.5 Å². The van der Waals surface area contributed by atoms with Gasteiger partial charge in [-0.1, -0.05) is 6.92 Å². The number of nitrogens with one attached hydrogen (secondary N) is 1. The standard InChI is InChI=1S/C8H10N4O3/c1-3-6-5(2)8(12(14)15)7(4-9-6)10-11-13/h4H,3H2,1-2H3,(H,10,13). The fraction of sp³-hybridized carbons (Fsp3) is 0.375. The lowest BCUT2D eigenvalue weighted by atomic mass is 10.1. The van der Waals surface area contributed by atoms with E-state index in [1.54, 1.807) is 6.92 Å². The van der Waals surface area contributed by atoms with Crippen LogP contribution in [-0.4, -0.2) is 9.91 Å². The molecule has 1 N–H and O–H groups in total. The van der Waals surface area contributed by atoms with Gasteiger partial charge in [-0.15, -0.1) is 4.91 Å². The summed E-state index contributed by atoms with van der Waals surface area (Å²) in [5.41, 5.74) is 2.97. The van der Waals surface area contributed by atoms with Crippen molar-refractivity contribution in [3.63, 3.8) is 0 Å². The molecule has 1 heterocycles. The van der Waals surface area contributed by atoms with Crippen molar-refractivity contribution in [2.45, 2.75) is 20.3 Å². The molecule has 15 heavy (non-hydrogen) atoms. The third kappa shape index (κ3) is 2.06. The van der Waals surface area contributed by atoms with Gasteiger partial charge >= 0.3 is 5.69 Å². The van der Waals surface area contributed by atoms with Crippen LogP contribution in [0.3, 0.4) is 0 Å². The molecule has 0 fully saturated rings. The largest absolute Gasteiger partial charge is 0.300 e. The van der Waals surface area contributed by atoms with Crippen molar-refractivity contribution in [2.24, 2.45) is 5.29 Å². The van der Waals surface area contributed by atoms with Crippen molar-refractivity contribution in [3.05, 3.63) is 32.5 Å². The monoisotopic (exact) mass is 210 g/mol. The van der Waals surface area contributed by atoms with E-state index in [-0.39, 0.29) is 11.4 Å². The van der Waals surface area contributed by atoms with Crippen LogP contribution in [0.4, 0.5) is 11.4 Å². The minimum atomic E-state index is -0.552. The minimum absolute atomic E-state index is 0.0182. The van der Waals surface area contributed by atoms with E-state index >= 15 is 0 Å². The molecule has 7 heteroatoms. The second-order valence-corrected chi connectivity index (χ2v) is 2.91. The number of hydrogen-bond donors (Lipinski definition) is 1. The summed E-state index contributed by atoms with van der Waals surface area (Å²) < 4.78 is 0. The summed E-state index contributed by atoms with van der Waals surface area (Å²) in [5.74, 6) is 0. The van der Waals surface area contributed by atoms with Crippen LogP contribution in [0.1, 0.15) is 18.2 Å². The molecule has 0 radical (unpaired) electrons. The van der Waals surface area contributed by atoms with E-state index in [0.717, 1.165) is 0 Å². The first-order valence-corrected chi connectivity index (χ1v) is 4.33. The molecule has 0 aromatic carbocycles.